The topological polar surface area (TPSA) is 123 Å². The molecule has 2 aliphatic rings. The van der Waals surface area contributed by atoms with Crippen molar-refractivity contribution in [2.24, 2.45) is 5.92 Å². The molecule has 47 heavy (non-hydrogen) atoms. The summed E-state index contributed by atoms with van der Waals surface area (Å²) in [5.41, 5.74) is 0.371. The molecule has 2 fully saturated rings. The lowest BCUT2D eigenvalue weighted by Gasteiger charge is -2.40. The van der Waals surface area contributed by atoms with Crippen LogP contribution in [-0.2, 0) is 39.2 Å². The lowest BCUT2D eigenvalue weighted by atomic mass is 9.79. The van der Waals surface area contributed by atoms with Gasteiger partial charge in [-0.2, -0.15) is 0 Å². The molecule has 11 nitrogen and oxygen atoms in total. The number of rotatable bonds is 11. The van der Waals surface area contributed by atoms with Crippen molar-refractivity contribution in [1.29, 1.82) is 0 Å². The van der Waals surface area contributed by atoms with E-state index in [2.05, 4.69) is 11.8 Å². The Kier molecular flexibility index (Phi) is 11.4. The van der Waals surface area contributed by atoms with Crippen molar-refractivity contribution < 1.29 is 37.0 Å². The summed E-state index contributed by atoms with van der Waals surface area (Å²) in [5, 5.41) is 0. The summed E-state index contributed by atoms with van der Waals surface area (Å²) >= 11 is 0. The molecule has 0 radical (unpaired) electrons. The molecule has 2 aromatic carbocycles. The van der Waals surface area contributed by atoms with E-state index in [0.29, 0.717) is 18.0 Å². The minimum Gasteiger partial charge on any atom is -0.444 e. The first-order valence-corrected chi connectivity index (χ1v) is 17.6. The highest BCUT2D eigenvalue weighted by atomic mass is 32.2. The molecule has 258 valence electrons. The Morgan fingerprint density at radius 2 is 1.53 bits per heavy atom. The number of carbonyl (C=O) groups is 3. The highest BCUT2D eigenvalue weighted by molar-refractivity contribution is 7.89. The fourth-order valence-corrected chi connectivity index (χ4v) is 7.88. The number of esters is 2. The summed E-state index contributed by atoms with van der Waals surface area (Å²) in [7, 11) is -2.31. The molecule has 2 saturated heterocycles. The average Bonchev–Trinajstić information content (AvgIpc) is 3.42. The molecule has 0 bridgehead atoms. The Balaban J connectivity index is 1.45. The van der Waals surface area contributed by atoms with Gasteiger partial charge in [-0.05, 0) is 70.2 Å². The second-order valence-electron chi connectivity index (χ2n) is 13.9. The molecule has 0 saturated carbocycles. The van der Waals surface area contributed by atoms with Gasteiger partial charge in [-0.1, -0.05) is 49.4 Å². The first kappa shape index (κ1) is 36.4. The van der Waals surface area contributed by atoms with E-state index >= 15 is 0 Å². The second-order valence-corrected chi connectivity index (χ2v) is 16.0. The molecular formula is C35H49N3O8S. The molecule has 2 aliphatic heterocycles. The van der Waals surface area contributed by atoms with Crippen LogP contribution in [-0.4, -0.2) is 92.0 Å². The van der Waals surface area contributed by atoms with E-state index in [9.17, 15) is 22.8 Å². The van der Waals surface area contributed by atoms with Crippen LogP contribution in [0.4, 0.5) is 4.79 Å². The first-order valence-electron chi connectivity index (χ1n) is 16.2. The highest BCUT2D eigenvalue weighted by Crippen LogP contribution is 2.35. The number of benzene rings is 2. The number of nitrogens with zero attached hydrogens (tertiary/aromatic N) is 3. The van der Waals surface area contributed by atoms with Crippen LogP contribution < -0.4 is 0 Å². The number of likely N-dealkylation sites (tertiary alicyclic amines) is 2. The number of likely N-dealkylation sites (N-methyl/N-ethyl adjacent to an activating group) is 1. The van der Waals surface area contributed by atoms with E-state index in [1.807, 2.05) is 56.0 Å². The van der Waals surface area contributed by atoms with Crippen molar-refractivity contribution in [2.45, 2.75) is 89.0 Å². The summed E-state index contributed by atoms with van der Waals surface area (Å²) < 4.78 is 44.8. The monoisotopic (exact) mass is 671 g/mol. The van der Waals surface area contributed by atoms with E-state index in [0.717, 1.165) is 44.5 Å². The molecule has 12 heteroatoms. The predicted molar refractivity (Wildman–Crippen MR) is 177 cm³/mol. The molecule has 0 N–H and O–H groups in total. The van der Waals surface area contributed by atoms with Gasteiger partial charge in [0.2, 0.25) is 10.0 Å². The molecule has 3 unspecified atom stereocenters. The standard InChI is InChI=1S/C35H49N3O8S/c1-25(39)44-32(45-26(2)40)27-13-15-30(16-14-27)47(42,43)36(7)24-35(6,29-11-9-8-10-12-29)19-22-37-20-18-31-28(23-37)17-21-38(31)33(41)46-34(3,4)5/h8-16,28,31-32H,17-24H2,1-7H3. The minimum atomic E-state index is -3.90. The zero-order valence-corrected chi connectivity index (χ0v) is 29.4. The van der Waals surface area contributed by atoms with Crippen molar-refractivity contribution in [1.82, 2.24) is 14.1 Å². The summed E-state index contributed by atoms with van der Waals surface area (Å²) in [6.45, 7) is 13.6. The van der Waals surface area contributed by atoms with Crippen LogP contribution in [0.3, 0.4) is 0 Å². The zero-order chi connectivity index (χ0) is 34.6. The van der Waals surface area contributed by atoms with E-state index in [1.54, 1.807) is 7.05 Å². The lowest BCUT2D eigenvalue weighted by molar-refractivity contribution is -0.186. The number of piperidine rings is 1. The number of sulfonamides is 1. The van der Waals surface area contributed by atoms with Crippen LogP contribution in [0.5, 0.6) is 0 Å². The summed E-state index contributed by atoms with van der Waals surface area (Å²) in [6, 6.07) is 16.0. The third-order valence-electron chi connectivity index (χ3n) is 8.98. The van der Waals surface area contributed by atoms with E-state index in [1.165, 1.54) is 42.4 Å². The molecular weight excluding hydrogens is 622 g/mol. The fraction of sp³-hybridized carbons (Fsp3) is 0.571. The normalized spacial score (nSPS) is 20.1. The Bertz CT molecular complexity index is 1490. The quantitative estimate of drug-likeness (QED) is 0.237. The number of carbonyl (C=O) groups excluding carboxylic acids is 3. The van der Waals surface area contributed by atoms with Gasteiger partial charge in [0.25, 0.3) is 6.29 Å². The lowest BCUT2D eigenvalue weighted by Crippen LogP contribution is -2.49. The van der Waals surface area contributed by atoms with Gasteiger partial charge in [0.15, 0.2) is 0 Å². The maximum absolute atomic E-state index is 13.8. The van der Waals surface area contributed by atoms with Crippen LogP contribution in [0.2, 0.25) is 0 Å². The smallest absolute Gasteiger partial charge is 0.410 e. The van der Waals surface area contributed by atoms with Crippen LogP contribution in [0.15, 0.2) is 59.5 Å². The van der Waals surface area contributed by atoms with Crippen molar-refractivity contribution in [2.75, 3.05) is 39.8 Å². The van der Waals surface area contributed by atoms with Crippen LogP contribution in [0.1, 0.15) is 78.2 Å². The third-order valence-corrected chi connectivity index (χ3v) is 10.8. The Morgan fingerprint density at radius 3 is 2.11 bits per heavy atom. The van der Waals surface area contributed by atoms with Crippen molar-refractivity contribution in [3.8, 4) is 0 Å². The molecule has 0 aromatic heterocycles. The number of ether oxygens (including phenoxy) is 3. The molecule has 4 rings (SSSR count). The minimum absolute atomic E-state index is 0.0707. The summed E-state index contributed by atoms with van der Waals surface area (Å²) in [4.78, 5) is 40.3. The predicted octanol–water partition coefficient (Wildman–Crippen LogP) is 5.11. The molecule has 0 spiro atoms. The molecule has 1 amide bonds. The average molecular weight is 672 g/mol. The van der Waals surface area contributed by atoms with Gasteiger partial charge in [-0.25, -0.2) is 17.5 Å². The van der Waals surface area contributed by atoms with Crippen LogP contribution >= 0.6 is 0 Å². The zero-order valence-electron chi connectivity index (χ0n) is 28.6. The first-order chi connectivity index (χ1) is 22.0. The summed E-state index contributed by atoms with van der Waals surface area (Å²) in [6.07, 6.45) is 1.05. The van der Waals surface area contributed by atoms with Gasteiger partial charge in [-0.3, -0.25) is 9.59 Å². The van der Waals surface area contributed by atoms with Crippen molar-refractivity contribution in [3.05, 3.63) is 65.7 Å². The van der Waals surface area contributed by atoms with Gasteiger partial charge in [0.05, 0.1) is 4.90 Å². The largest absolute Gasteiger partial charge is 0.444 e. The van der Waals surface area contributed by atoms with Gasteiger partial charge < -0.3 is 24.0 Å². The van der Waals surface area contributed by atoms with E-state index < -0.39 is 39.3 Å². The number of hydrogen-bond donors (Lipinski definition) is 0. The van der Waals surface area contributed by atoms with Gasteiger partial charge in [0.1, 0.15) is 5.60 Å². The maximum Gasteiger partial charge on any atom is 0.410 e. The Hall–Kier alpha value is -3.48. The van der Waals surface area contributed by atoms with Gasteiger partial charge in [-0.15, -0.1) is 0 Å². The van der Waals surface area contributed by atoms with Crippen LogP contribution in [0.25, 0.3) is 0 Å². The van der Waals surface area contributed by atoms with Gasteiger partial charge in [0, 0.05) is 64.1 Å². The molecule has 2 aromatic rings. The van der Waals surface area contributed by atoms with Crippen molar-refractivity contribution in [3.63, 3.8) is 0 Å². The third kappa shape index (κ3) is 9.33. The maximum atomic E-state index is 13.8. The fourth-order valence-electron chi connectivity index (χ4n) is 6.59. The number of hydrogen-bond acceptors (Lipinski definition) is 9. The second kappa shape index (κ2) is 14.7. The molecule has 2 heterocycles. The Morgan fingerprint density at radius 1 is 0.915 bits per heavy atom. The SMILES string of the molecule is CC(=O)OC(OC(C)=O)c1ccc(S(=O)(=O)N(C)CC(C)(CCN2CCC3C(CCN3C(=O)OC(C)(C)C)C2)c2ccccc2)cc1. The Labute approximate surface area is 279 Å². The van der Waals surface area contributed by atoms with Crippen molar-refractivity contribution >= 4 is 28.1 Å². The van der Waals surface area contributed by atoms with E-state index in [4.69, 9.17) is 14.2 Å². The molecule has 0 aliphatic carbocycles. The summed E-state index contributed by atoms with van der Waals surface area (Å²) in [5.74, 6) is -0.891. The highest BCUT2D eigenvalue weighted by Gasteiger charge is 2.42. The van der Waals surface area contributed by atoms with Crippen LogP contribution in [0, 0.1) is 5.92 Å². The molecule has 3 atom stereocenters. The number of fused-ring (bicyclic) bond motifs is 1. The number of amides is 1. The van der Waals surface area contributed by atoms with E-state index in [-0.39, 0.29) is 23.6 Å². The van der Waals surface area contributed by atoms with Gasteiger partial charge >= 0.3 is 18.0 Å².